The number of nitrogens with one attached hydrogen (secondary N) is 1. The molecule has 1 saturated heterocycles. The van der Waals surface area contributed by atoms with Gasteiger partial charge in [-0.2, -0.15) is 0 Å². The summed E-state index contributed by atoms with van der Waals surface area (Å²) in [5.41, 5.74) is 3.85. The van der Waals surface area contributed by atoms with Crippen LogP contribution in [0, 0.1) is 0 Å². The number of ether oxygens (including phenoxy) is 3. The maximum absolute atomic E-state index is 5.90. The van der Waals surface area contributed by atoms with Crippen molar-refractivity contribution in [1.29, 1.82) is 0 Å². The molecular formula is C15H25N3O3. The van der Waals surface area contributed by atoms with Gasteiger partial charge in [-0.15, -0.1) is 0 Å². The summed E-state index contributed by atoms with van der Waals surface area (Å²) in [4.78, 5) is 2.36. The Kier molecular flexibility index (Phi) is 5.81. The number of morpholine rings is 1. The van der Waals surface area contributed by atoms with E-state index in [-0.39, 0.29) is 12.1 Å². The summed E-state index contributed by atoms with van der Waals surface area (Å²) in [6, 6.07) is 5.61. The molecule has 2 atom stereocenters. The van der Waals surface area contributed by atoms with Gasteiger partial charge in [0.2, 0.25) is 0 Å². The van der Waals surface area contributed by atoms with Crippen LogP contribution in [0.5, 0.6) is 11.5 Å². The molecule has 1 fully saturated rings. The van der Waals surface area contributed by atoms with Gasteiger partial charge >= 0.3 is 0 Å². The van der Waals surface area contributed by atoms with E-state index < -0.39 is 0 Å². The van der Waals surface area contributed by atoms with E-state index in [1.807, 2.05) is 18.2 Å². The molecule has 118 valence electrons. The lowest BCUT2D eigenvalue weighted by atomic mass is 9.99. The number of likely N-dealkylation sites (N-methyl/N-ethyl adjacent to an activating group) is 1. The van der Waals surface area contributed by atoms with Gasteiger partial charge in [0.05, 0.1) is 33.0 Å². The van der Waals surface area contributed by atoms with E-state index in [2.05, 4.69) is 17.2 Å². The van der Waals surface area contributed by atoms with Gasteiger partial charge in [0, 0.05) is 24.7 Å². The van der Waals surface area contributed by atoms with Gasteiger partial charge < -0.3 is 14.2 Å². The molecule has 1 aromatic carbocycles. The van der Waals surface area contributed by atoms with Crippen molar-refractivity contribution < 1.29 is 14.2 Å². The SMILES string of the molecule is CCN1CCOC(C(NN)c2ccc(OC)cc2OC)C1. The molecule has 0 amide bonds. The number of hydrogen-bond donors (Lipinski definition) is 2. The summed E-state index contributed by atoms with van der Waals surface area (Å²) in [6.07, 6.45) is -0.00834. The Morgan fingerprint density at radius 2 is 2.24 bits per heavy atom. The number of nitrogens with two attached hydrogens (primary N) is 1. The Morgan fingerprint density at radius 1 is 1.43 bits per heavy atom. The van der Waals surface area contributed by atoms with Crippen molar-refractivity contribution in [2.45, 2.75) is 19.1 Å². The summed E-state index contributed by atoms with van der Waals surface area (Å²) < 4.78 is 16.6. The maximum atomic E-state index is 5.90. The smallest absolute Gasteiger partial charge is 0.127 e. The fourth-order valence-electron chi connectivity index (χ4n) is 2.69. The maximum Gasteiger partial charge on any atom is 0.127 e. The number of hydrazine groups is 1. The van der Waals surface area contributed by atoms with Crippen LogP contribution < -0.4 is 20.7 Å². The third kappa shape index (κ3) is 3.65. The molecule has 0 radical (unpaired) electrons. The Balaban J connectivity index is 2.24. The van der Waals surface area contributed by atoms with E-state index in [4.69, 9.17) is 20.1 Å². The monoisotopic (exact) mass is 295 g/mol. The zero-order valence-corrected chi connectivity index (χ0v) is 13.0. The first kappa shape index (κ1) is 16.0. The fourth-order valence-corrected chi connectivity index (χ4v) is 2.69. The van der Waals surface area contributed by atoms with Crippen LogP contribution >= 0.6 is 0 Å². The van der Waals surface area contributed by atoms with Crippen LogP contribution in [0.2, 0.25) is 0 Å². The lowest BCUT2D eigenvalue weighted by molar-refractivity contribution is -0.0459. The van der Waals surface area contributed by atoms with Crippen molar-refractivity contribution in [3.8, 4) is 11.5 Å². The highest BCUT2D eigenvalue weighted by Gasteiger charge is 2.30. The van der Waals surface area contributed by atoms with Crippen molar-refractivity contribution >= 4 is 0 Å². The Morgan fingerprint density at radius 3 is 2.86 bits per heavy atom. The minimum absolute atomic E-state index is 0.00834. The Bertz CT molecular complexity index is 456. The molecule has 0 aliphatic carbocycles. The Hall–Kier alpha value is -1.34. The van der Waals surface area contributed by atoms with Gasteiger partial charge in [-0.1, -0.05) is 6.92 Å². The molecule has 1 aliphatic heterocycles. The summed E-state index contributed by atoms with van der Waals surface area (Å²) in [5, 5.41) is 0. The second kappa shape index (κ2) is 7.61. The van der Waals surface area contributed by atoms with Crippen LogP contribution in [-0.2, 0) is 4.74 Å². The first-order valence-corrected chi connectivity index (χ1v) is 7.25. The molecule has 0 saturated carbocycles. The highest BCUT2D eigenvalue weighted by Crippen LogP contribution is 2.32. The molecule has 1 aromatic rings. The minimum Gasteiger partial charge on any atom is -0.497 e. The second-order valence-electron chi connectivity index (χ2n) is 5.05. The van der Waals surface area contributed by atoms with E-state index in [0.717, 1.165) is 43.3 Å². The second-order valence-corrected chi connectivity index (χ2v) is 5.05. The zero-order chi connectivity index (χ0) is 15.2. The fraction of sp³-hybridized carbons (Fsp3) is 0.600. The largest absolute Gasteiger partial charge is 0.497 e. The Labute approximate surface area is 126 Å². The molecule has 1 aliphatic rings. The molecule has 0 aromatic heterocycles. The van der Waals surface area contributed by atoms with Gasteiger partial charge in [0.1, 0.15) is 11.5 Å². The number of methoxy groups -OCH3 is 2. The van der Waals surface area contributed by atoms with Crippen molar-refractivity contribution in [2.24, 2.45) is 5.84 Å². The van der Waals surface area contributed by atoms with Gasteiger partial charge in [-0.3, -0.25) is 16.2 Å². The summed E-state index contributed by atoms with van der Waals surface area (Å²) in [7, 11) is 3.28. The summed E-state index contributed by atoms with van der Waals surface area (Å²) in [5.74, 6) is 7.28. The van der Waals surface area contributed by atoms with Crippen molar-refractivity contribution in [1.82, 2.24) is 10.3 Å². The van der Waals surface area contributed by atoms with E-state index in [1.165, 1.54) is 0 Å². The van der Waals surface area contributed by atoms with Gasteiger partial charge in [-0.05, 0) is 18.7 Å². The van der Waals surface area contributed by atoms with E-state index in [1.54, 1.807) is 14.2 Å². The highest BCUT2D eigenvalue weighted by molar-refractivity contribution is 5.43. The van der Waals surface area contributed by atoms with Gasteiger partial charge in [-0.25, -0.2) is 0 Å². The summed E-state index contributed by atoms with van der Waals surface area (Å²) in [6.45, 7) is 5.69. The highest BCUT2D eigenvalue weighted by atomic mass is 16.5. The minimum atomic E-state index is -0.125. The van der Waals surface area contributed by atoms with E-state index in [9.17, 15) is 0 Å². The van der Waals surface area contributed by atoms with Crippen LogP contribution in [0.15, 0.2) is 18.2 Å². The molecule has 6 heteroatoms. The third-order valence-corrected chi connectivity index (χ3v) is 3.95. The van der Waals surface area contributed by atoms with Crippen LogP contribution in [0.25, 0.3) is 0 Å². The number of rotatable bonds is 6. The van der Waals surface area contributed by atoms with Crippen molar-refractivity contribution in [3.05, 3.63) is 23.8 Å². The van der Waals surface area contributed by atoms with E-state index in [0.29, 0.717) is 0 Å². The van der Waals surface area contributed by atoms with Gasteiger partial charge in [0.25, 0.3) is 0 Å². The topological polar surface area (TPSA) is 69.0 Å². The van der Waals surface area contributed by atoms with Crippen LogP contribution in [-0.4, -0.2) is 51.5 Å². The number of nitrogens with zero attached hydrogens (tertiary/aromatic N) is 1. The zero-order valence-electron chi connectivity index (χ0n) is 13.0. The lowest BCUT2D eigenvalue weighted by Gasteiger charge is -2.36. The molecule has 0 bridgehead atoms. The lowest BCUT2D eigenvalue weighted by Crippen LogP contribution is -2.49. The number of benzene rings is 1. The van der Waals surface area contributed by atoms with Crippen LogP contribution in [0.4, 0.5) is 0 Å². The normalized spacial score (nSPS) is 21.0. The first-order chi connectivity index (χ1) is 10.2. The van der Waals surface area contributed by atoms with Crippen LogP contribution in [0.3, 0.4) is 0 Å². The predicted octanol–water partition coefficient (Wildman–Crippen LogP) is 0.929. The molecule has 0 spiro atoms. The molecule has 2 rings (SSSR count). The third-order valence-electron chi connectivity index (χ3n) is 3.95. The average molecular weight is 295 g/mol. The molecule has 2 unspecified atom stereocenters. The molecule has 1 heterocycles. The van der Waals surface area contributed by atoms with Crippen molar-refractivity contribution in [2.75, 3.05) is 40.5 Å². The first-order valence-electron chi connectivity index (χ1n) is 7.25. The molecule has 3 N–H and O–H groups in total. The molecule has 21 heavy (non-hydrogen) atoms. The number of hydrogen-bond acceptors (Lipinski definition) is 6. The molecular weight excluding hydrogens is 270 g/mol. The summed E-state index contributed by atoms with van der Waals surface area (Å²) >= 11 is 0. The van der Waals surface area contributed by atoms with Gasteiger partial charge in [0.15, 0.2) is 0 Å². The average Bonchev–Trinajstić information content (AvgIpc) is 2.56. The molecule has 6 nitrogen and oxygen atoms in total. The van der Waals surface area contributed by atoms with Crippen molar-refractivity contribution in [3.63, 3.8) is 0 Å². The van der Waals surface area contributed by atoms with Crippen LogP contribution in [0.1, 0.15) is 18.5 Å². The predicted molar refractivity (Wildman–Crippen MR) is 81.5 cm³/mol. The standard InChI is InChI=1S/C15H25N3O3/c1-4-18-7-8-21-14(10-18)15(17-16)12-6-5-11(19-2)9-13(12)20-3/h5-6,9,14-15,17H,4,7-8,10,16H2,1-3H3. The van der Waals surface area contributed by atoms with E-state index >= 15 is 0 Å². The quantitative estimate of drug-likeness (QED) is 0.601.